The highest BCUT2D eigenvalue weighted by Crippen LogP contribution is 2.36. The maximum atomic E-state index is 14.0. The van der Waals surface area contributed by atoms with Crippen LogP contribution in [0.4, 0.5) is 4.39 Å². The van der Waals surface area contributed by atoms with Crippen LogP contribution in [0.5, 0.6) is 11.5 Å². The minimum atomic E-state index is -0.531. The van der Waals surface area contributed by atoms with Crippen molar-refractivity contribution < 1.29 is 14.2 Å². The fraction of sp³-hybridized carbons (Fsp3) is 0.571. The summed E-state index contributed by atoms with van der Waals surface area (Å²) in [6, 6.07) is 1.79. The van der Waals surface area contributed by atoms with Crippen LogP contribution in [0.3, 0.4) is 0 Å². The Hall–Kier alpha value is -1.29. The van der Waals surface area contributed by atoms with Crippen LogP contribution >= 0.6 is 0 Å². The summed E-state index contributed by atoms with van der Waals surface area (Å²) in [6.07, 6.45) is 2.81. The average molecular weight is 253 g/mol. The van der Waals surface area contributed by atoms with Gasteiger partial charge in [-0.15, -0.1) is 0 Å². The van der Waals surface area contributed by atoms with Gasteiger partial charge in [0.25, 0.3) is 0 Å². The molecular formula is C14H20FNO2. The molecule has 0 bridgehead atoms. The molecule has 4 heteroatoms. The van der Waals surface area contributed by atoms with Crippen LogP contribution in [-0.2, 0) is 6.42 Å². The van der Waals surface area contributed by atoms with Crippen LogP contribution in [0.25, 0.3) is 0 Å². The van der Waals surface area contributed by atoms with Crippen LogP contribution in [0, 0.1) is 18.7 Å². The minimum absolute atomic E-state index is 0.238. The zero-order valence-corrected chi connectivity index (χ0v) is 10.9. The van der Waals surface area contributed by atoms with Crippen molar-refractivity contribution >= 4 is 0 Å². The van der Waals surface area contributed by atoms with E-state index in [9.17, 15) is 9.50 Å². The van der Waals surface area contributed by atoms with Crippen LogP contribution in [-0.4, -0.2) is 25.3 Å². The Morgan fingerprint density at radius 1 is 1.44 bits per heavy atom. The lowest BCUT2D eigenvalue weighted by Crippen LogP contribution is -2.28. The van der Waals surface area contributed by atoms with Crippen LogP contribution in [0.1, 0.15) is 24.0 Å². The molecule has 1 aliphatic rings. The maximum absolute atomic E-state index is 14.0. The lowest BCUT2D eigenvalue weighted by atomic mass is 9.90. The first-order valence-electron chi connectivity index (χ1n) is 6.39. The van der Waals surface area contributed by atoms with Crippen molar-refractivity contribution in [3.8, 4) is 11.5 Å². The first-order valence-corrected chi connectivity index (χ1v) is 6.39. The molecule has 0 aromatic heterocycles. The first-order chi connectivity index (χ1) is 8.63. The predicted octanol–water partition coefficient (Wildman–Crippen LogP) is 2.39. The SMILES string of the molecule is COc1c(C)cc(CC2CCNCC2)c(F)c1O. The fourth-order valence-electron chi connectivity index (χ4n) is 2.63. The van der Waals surface area contributed by atoms with E-state index in [-0.39, 0.29) is 11.5 Å². The number of phenols is 1. The fourth-order valence-corrected chi connectivity index (χ4v) is 2.63. The molecule has 0 amide bonds. The van der Waals surface area contributed by atoms with E-state index in [4.69, 9.17) is 4.74 Å². The number of aryl methyl sites for hydroxylation is 1. The number of ether oxygens (including phenoxy) is 1. The standard InChI is InChI=1S/C14H20FNO2/c1-9-7-11(8-10-3-5-16-6-4-10)12(15)13(17)14(9)18-2/h7,10,16-17H,3-6,8H2,1-2H3. The largest absolute Gasteiger partial charge is 0.502 e. The van der Waals surface area contributed by atoms with E-state index < -0.39 is 5.82 Å². The summed E-state index contributed by atoms with van der Waals surface area (Å²) >= 11 is 0. The molecule has 2 N–H and O–H groups in total. The van der Waals surface area contributed by atoms with E-state index in [0.29, 0.717) is 17.9 Å². The third kappa shape index (κ3) is 2.58. The van der Waals surface area contributed by atoms with Crippen LogP contribution in [0.15, 0.2) is 6.07 Å². The molecule has 18 heavy (non-hydrogen) atoms. The number of hydrogen-bond acceptors (Lipinski definition) is 3. The Morgan fingerprint density at radius 3 is 2.72 bits per heavy atom. The van der Waals surface area contributed by atoms with E-state index in [1.54, 1.807) is 6.07 Å². The molecule has 1 aliphatic heterocycles. The number of hydrogen-bond donors (Lipinski definition) is 2. The highest BCUT2D eigenvalue weighted by atomic mass is 19.1. The predicted molar refractivity (Wildman–Crippen MR) is 68.7 cm³/mol. The molecule has 0 atom stereocenters. The van der Waals surface area contributed by atoms with E-state index in [1.165, 1.54) is 7.11 Å². The number of halogens is 1. The molecule has 0 spiro atoms. The average Bonchev–Trinajstić information content (AvgIpc) is 2.37. The lowest BCUT2D eigenvalue weighted by Gasteiger charge is -2.23. The van der Waals surface area contributed by atoms with Crippen molar-refractivity contribution in [3.63, 3.8) is 0 Å². The van der Waals surface area contributed by atoms with Crippen LogP contribution in [0.2, 0.25) is 0 Å². The molecule has 1 saturated heterocycles. The lowest BCUT2D eigenvalue weighted by molar-refractivity contribution is 0.344. The third-order valence-corrected chi connectivity index (χ3v) is 3.63. The molecule has 1 fully saturated rings. The van der Waals surface area contributed by atoms with E-state index >= 15 is 0 Å². The molecule has 1 aromatic rings. The molecule has 0 unspecified atom stereocenters. The van der Waals surface area contributed by atoms with Crippen molar-refractivity contribution in [2.75, 3.05) is 20.2 Å². The zero-order valence-electron chi connectivity index (χ0n) is 10.9. The van der Waals surface area contributed by atoms with Gasteiger partial charge in [0, 0.05) is 0 Å². The number of aromatic hydroxyl groups is 1. The van der Waals surface area contributed by atoms with Crippen molar-refractivity contribution in [1.29, 1.82) is 0 Å². The molecule has 1 aromatic carbocycles. The Bertz CT molecular complexity index is 428. The highest BCUT2D eigenvalue weighted by Gasteiger charge is 2.20. The van der Waals surface area contributed by atoms with Gasteiger partial charge in [0.2, 0.25) is 0 Å². The van der Waals surface area contributed by atoms with Gasteiger partial charge in [-0.2, -0.15) is 0 Å². The number of phenolic OH excluding ortho intramolecular Hbond substituents is 1. The zero-order chi connectivity index (χ0) is 13.1. The molecule has 0 saturated carbocycles. The minimum Gasteiger partial charge on any atom is -0.502 e. The summed E-state index contributed by atoms with van der Waals surface area (Å²) < 4.78 is 19.0. The smallest absolute Gasteiger partial charge is 0.194 e. The summed E-state index contributed by atoms with van der Waals surface area (Å²) in [5, 5.41) is 13.1. The molecule has 3 nitrogen and oxygen atoms in total. The second-order valence-corrected chi connectivity index (χ2v) is 4.95. The summed E-state index contributed by atoms with van der Waals surface area (Å²) in [7, 11) is 1.44. The number of benzene rings is 1. The number of rotatable bonds is 3. The van der Waals surface area contributed by atoms with E-state index in [2.05, 4.69) is 5.32 Å². The first kappa shape index (κ1) is 13.1. The molecule has 100 valence electrons. The van der Waals surface area contributed by atoms with Crippen molar-refractivity contribution in [2.24, 2.45) is 5.92 Å². The molecule has 1 heterocycles. The second kappa shape index (κ2) is 5.57. The van der Waals surface area contributed by atoms with Gasteiger partial charge in [-0.25, -0.2) is 4.39 Å². The summed E-state index contributed by atoms with van der Waals surface area (Å²) in [5.74, 6) is -0.160. The van der Waals surface area contributed by atoms with Gasteiger partial charge in [-0.1, -0.05) is 0 Å². The van der Waals surface area contributed by atoms with E-state index in [0.717, 1.165) is 31.5 Å². The summed E-state index contributed by atoms with van der Waals surface area (Å²) in [4.78, 5) is 0. The van der Waals surface area contributed by atoms with Crippen LogP contribution < -0.4 is 10.1 Å². The van der Waals surface area contributed by atoms with Gasteiger partial charge in [0.1, 0.15) is 0 Å². The molecule has 0 radical (unpaired) electrons. The normalized spacial score (nSPS) is 16.8. The van der Waals surface area contributed by atoms with Crippen molar-refractivity contribution in [2.45, 2.75) is 26.2 Å². The van der Waals surface area contributed by atoms with Gasteiger partial charge in [0.05, 0.1) is 7.11 Å². The quantitative estimate of drug-likeness (QED) is 0.869. The second-order valence-electron chi connectivity index (χ2n) is 4.95. The highest BCUT2D eigenvalue weighted by molar-refractivity contribution is 5.49. The Kier molecular flexibility index (Phi) is 4.07. The monoisotopic (exact) mass is 253 g/mol. The van der Waals surface area contributed by atoms with E-state index in [1.807, 2.05) is 6.92 Å². The maximum Gasteiger partial charge on any atom is 0.194 e. The molecule has 2 rings (SSSR count). The third-order valence-electron chi connectivity index (χ3n) is 3.63. The van der Waals surface area contributed by atoms with Gasteiger partial charge in [-0.05, 0) is 62.4 Å². The molecule has 0 aliphatic carbocycles. The Morgan fingerprint density at radius 2 is 2.11 bits per heavy atom. The summed E-state index contributed by atoms with van der Waals surface area (Å²) in [6.45, 7) is 3.81. The topological polar surface area (TPSA) is 41.5 Å². The van der Waals surface area contributed by atoms with Gasteiger partial charge in [0.15, 0.2) is 17.3 Å². The van der Waals surface area contributed by atoms with Gasteiger partial charge < -0.3 is 15.2 Å². The summed E-state index contributed by atoms with van der Waals surface area (Å²) in [5.41, 5.74) is 1.37. The number of piperidine rings is 1. The van der Waals surface area contributed by atoms with Crippen molar-refractivity contribution in [3.05, 3.63) is 23.0 Å². The Balaban J connectivity index is 2.22. The van der Waals surface area contributed by atoms with Gasteiger partial charge in [-0.3, -0.25) is 0 Å². The molecular weight excluding hydrogens is 233 g/mol. The number of methoxy groups -OCH3 is 1. The van der Waals surface area contributed by atoms with Gasteiger partial charge >= 0.3 is 0 Å². The Labute approximate surface area is 107 Å². The number of nitrogens with one attached hydrogen (secondary N) is 1. The van der Waals surface area contributed by atoms with Crippen molar-refractivity contribution in [1.82, 2.24) is 5.32 Å².